The lowest BCUT2D eigenvalue weighted by molar-refractivity contribution is -0.146. The van der Waals surface area contributed by atoms with Gasteiger partial charge in [0.2, 0.25) is 11.8 Å². The van der Waals surface area contributed by atoms with E-state index in [1.807, 2.05) is 13.8 Å². The largest absolute Gasteiger partial charge is 0.381 e. The van der Waals surface area contributed by atoms with Crippen LogP contribution in [-0.2, 0) is 19.1 Å². The van der Waals surface area contributed by atoms with Gasteiger partial charge in [-0.1, -0.05) is 13.8 Å². The zero-order valence-electron chi connectivity index (χ0n) is 16.9. The maximum atomic E-state index is 13.3. The normalized spacial score (nSPS) is 22.2. The first kappa shape index (κ1) is 23.8. The second-order valence-electron chi connectivity index (χ2n) is 6.95. The fraction of sp³-hybridized carbons (Fsp3) is 0.895. The van der Waals surface area contributed by atoms with E-state index in [1.54, 1.807) is 6.92 Å². The zero-order valence-corrected chi connectivity index (χ0v) is 16.9. The predicted molar refractivity (Wildman–Crippen MR) is 98.7 cm³/mol. The summed E-state index contributed by atoms with van der Waals surface area (Å²) in [6.07, 6.45) is 0.604. The summed E-state index contributed by atoms with van der Waals surface area (Å²) < 4.78 is 37.7. The van der Waals surface area contributed by atoms with Crippen LogP contribution in [0, 0.1) is 5.92 Å². The number of ether oxygens (including phenoxy) is 2. The molecule has 2 aliphatic rings. The lowest BCUT2D eigenvalue weighted by atomic mass is 10.0. The molecule has 0 bridgehead atoms. The number of nitrogens with zero attached hydrogens (tertiary/aromatic N) is 1. The van der Waals surface area contributed by atoms with Crippen molar-refractivity contribution in [3.8, 4) is 0 Å². The van der Waals surface area contributed by atoms with Gasteiger partial charge in [-0.15, -0.1) is 0 Å². The molecule has 1 N–H and O–H groups in total. The Labute approximate surface area is 160 Å². The van der Waals surface area contributed by atoms with E-state index in [-0.39, 0.29) is 37.7 Å². The number of nitrogens with one attached hydrogen (secondary N) is 1. The Morgan fingerprint density at radius 2 is 1.78 bits per heavy atom. The van der Waals surface area contributed by atoms with E-state index in [4.69, 9.17) is 9.47 Å². The molecule has 0 saturated carbocycles. The van der Waals surface area contributed by atoms with Gasteiger partial charge in [-0.2, -0.15) is 0 Å². The Balaban J connectivity index is 0.00000176. The fourth-order valence-corrected chi connectivity index (χ4v) is 3.15. The van der Waals surface area contributed by atoms with E-state index < -0.39 is 18.1 Å². The van der Waals surface area contributed by atoms with Crippen molar-refractivity contribution in [2.24, 2.45) is 5.92 Å². The summed E-state index contributed by atoms with van der Waals surface area (Å²) in [6, 6.07) is -0.857. The Kier molecular flexibility index (Phi) is 10.2. The first-order valence-electron chi connectivity index (χ1n) is 9.91. The van der Waals surface area contributed by atoms with Crippen LogP contribution in [0.1, 0.15) is 53.4 Å². The number of carbonyl (C=O) groups excluding carboxylic acids is 2. The minimum Gasteiger partial charge on any atom is -0.381 e. The number of piperidine rings is 1. The summed E-state index contributed by atoms with van der Waals surface area (Å²) >= 11 is 0. The van der Waals surface area contributed by atoms with E-state index in [0.717, 1.165) is 12.8 Å². The number of alkyl halides is 2. The van der Waals surface area contributed by atoms with Gasteiger partial charge in [0.15, 0.2) is 0 Å². The molecule has 0 aromatic heterocycles. The van der Waals surface area contributed by atoms with Gasteiger partial charge in [-0.3, -0.25) is 9.59 Å². The highest BCUT2D eigenvalue weighted by atomic mass is 19.3. The van der Waals surface area contributed by atoms with Crippen LogP contribution < -0.4 is 5.32 Å². The summed E-state index contributed by atoms with van der Waals surface area (Å²) in [5, 5.41) is 2.62. The van der Waals surface area contributed by atoms with Crippen molar-refractivity contribution in [3.63, 3.8) is 0 Å². The molecule has 158 valence electrons. The van der Waals surface area contributed by atoms with E-state index in [2.05, 4.69) is 5.32 Å². The molecule has 2 unspecified atom stereocenters. The van der Waals surface area contributed by atoms with Gasteiger partial charge in [0.05, 0.1) is 12.7 Å². The first-order valence-corrected chi connectivity index (χ1v) is 9.91. The van der Waals surface area contributed by atoms with Crippen molar-refractivity contribution in [1.82, 2.24) is 10.2 Å². The molecule has 6 nitrogen and oxygen atoms in total. The van der Waals surface area contributed by atoms with Gasteiger partial charge in [0, 0.05) is 46.1 Å². The van der Waals surface area contributed by atoms with Crippen LogP contribution in [0.15, 0.2) is 0 Å². The first-order chi connectivity index (χ1) is 12.8. The van der Waals surface area contributed by atoms with E-state index in [9.17, 15) is 18.4 Å². The van der Waals surface area contributed by atoms with Crippen molar-refractivity contribution in [1.29, 1.82) is 0 Å². The molecule has 2 saturated heterocycles. The predicted octanol–water partition coefficient (Wildman–Crippen LogP) is 2.61. The zero-order chi connectivity index (χ0) is 20.4. The van der Waals surface area contributed by atoms with Crippen LogP contribution in [0.3, 0.4) is 0 Å². The molecular formula is C19H34F2N2O4. The molecule has 0 spiro atoms. The molecular weight excluding hydrogens is 358 g/mol. The summed E-state index contributed by atoms with van der Waals surface area (Å²) in [5.74, 6) is -3.05. The fourth-order valence-electron chi connectivity index (χ4n) is 3.15. The summed E-state index contributed by atoms with van der Waals surface area (Å²) in [5.41, 5.74) is 0. The van der Waals surface area contributed by atoms with E-state index in [0.29, 0.717) is 25.7 Å². The molecule has 0 aromatic carbocycles. The van der Waals surface area contributed by atoms with E-state index >= 15 is 0 Å². The van der Waals surface area contributed by atoms with Crippen LogP contribution in [0.25, 0.3) is 0 Å². The number of likely N-dealkylation sites (tertiary alicyclic amines) is 1. The SMILES string of the molecule is CC.CC(=O)NC(C(=O)N1CCC(F)(F)CC1)C(C)OCC1CCOCC1. The standard InChI is InChI=1S/C17H28F2N2O4.C2H6/c1-12(25-11-14-3-9-24-10-4-14)15(20-13(2)22)16(23)21-7-5-17(18,19)6-8-21;1-2/h12,14-15H,3-11H2,1-2H3,(H,20,22);1-2H3. The third-order valence-corrected chi connectivity index (χ3v) is 4.84. The molecule has 2 aliphatic heterocycles. The molecule has 2 fully saturated rings. The molecule has 2 rings (SSSR count). The summed E-state index contributed by atoms with van der Waals surface area (Å²) in [7, 11) is 0. The number of hydrogen-bond acceptors (Lipinski definition) is 4. The van der Waals surface area contributed by atoms with Gasteiger partial charge < -0.3 is 19.7 Å². The Morgan fingerprint density at radius 1 is 1.22 bits per heavy atom. The number of halogens is 2. The second kappa shape index (κ2) is 11.5. The highest BCUT2D eigenvalue weighted by Gasteiger charge is 2.39. The molecule has 2 amide bonds. The highest BCUT2D eigenvalue weighted by molar-refractivity contribution is 5.87. The van der Waals surface area contributed by atoms with Gasteiger partial charge in [0.25, 0.3) is 5.92 Å². The molecule has 2 heterocycles. The number of hydrogen-bond donors (Lipinski definition) is 1. The van der Waals surface area contributed by atoms with Gasteiger partial charge >= 0.3 is 0 Å². The van der Waals surface area contributed by atoms with Crippen LogP contribution in [0.4, 0.5) is 8.78 Å². The van der Waals surface area contributed by atoms with Crippen LogP contribution >= 0.6 is 0 Å². The molecule has 0 aliphatic carbocycles. The van der Waals surface area contributed by atoms with E-state index in [1.165, 1.54) is 11.8 Å². The van der Waals surface area contributed by atoms with Gasteiger partial charge in [0.1, 0.15) is 6.04 Å². The highest BCUT2D eigenvalue weighted by Crippen LogP contribution is 2.28. The lowest BCUT2D eigenvalue weighted by Gasteiger charge is -2.36. The maximum absolute atomic E-state index is 13.3. The number of carbonyl (C=O) groups is 2. The Morgan fingerprint density at radius 3 is 2.30 bits per heavy atom. The smallest absolute Gasteiger partial charge is 0.251 e. The Hall–Kier alpha value is -1.28. The molecule has 0 aromatic rings. The maximum Gasteiger partial charge on any atom is 0.251 e. The summed E-state index contributed by atoms with van der Waals surface area (Å²) in [4.78, 5) is 25.6. The average molecular weight is 392 g/mol. The molecule has 27 heavy (non-hydrogen) atoms. The minimum atomic E-state index is -2.72. The number of rotatable bonds is 6. The molecule has 2 atom stereocenters. The average Bonchev–Trinajstić information content (AvgIpc) is 2.66. The van der Waals surface area contributed by atoms with Crippen molar-refractivity contribution in [3.05, 3.63) is 0 Å². The number of amides is 2. The summed E-state index contributed by atoms with van der Waals surface area (Å²) in [6.45, 7) is 8.96. The second-order valence-corrected chi connectivity index (χ2v) is 6.95. The van der Waals surface area contributed by atoms with Crippen LogP contribution in [0.5, 0.6) is 0 Å². The van der Waals surface area contributed by atoms with Crippen molar-refractivity contribution >= 4 is 11.8 Å². The topological polar surface area (TPSA) is 67.9 Å². The van der Waals surface area contributed by atoms with Crippen molar-refractivity contribution in [2.45, 2.75) is 71.4 Å². The van der Waals surface area contributed by atoms with Crippen molar-refractivity contribution < 1.29 is 27.8 Å². The van der Waals surface area contributed by atoms with Crippen molar-refractivity contribution in [2.75, 3.05) is 32.9 Å². The quantitative estimate of drug-likeness (QED) is 0.755. The molecule has 8 heteroatoms. The third kappa shape index (κ3) is 8.09. The Bertz CT molecular complexity index is 461. The third-order valence-electron chi connectivity index (χ3n) is 4.84. The monoisotopic (exact) mass is 392 g/mol. The van der Waals surface area contributed by atoms with Gasteiger partial charge in [-0.25, -0.2) is 8.78 Å². The molecule has 0 radical (unpaired) electrons. The lowest BCUT2D eigenvalue weighted by Crippen LogP contribution is -2.56. The van der Waals surface area contributed by atoms with Crippen LogP contribution in [0.2, 0.25) is 0 Å². The van der Waals surface area contributed by atoms with Crippen LogP contribution in [-0.4, -0.2) is 67.7 Å². The van der Waals surface area contributed by atoms with Gasteiger partial charge in [-0.05, 0) is 25.7 Å². The minimum absolute atomic E-state index is 0.00536.